The minimum absolute atomic E-state index is 0. The molecule has 1 aromatic rings. The number of hydrogen-bond acceptors (Lipinski definition) is 4. The maximum atomic E-state index is 5.72. The first-order chi connectivity index (χ1) is 6.79. The maximum Gasteiger partial charge on any atom is 0.108 e. The van der Waals surface area contributed by atoms with Gasteiger partial charge < -0.3 is 5.73 Å². The summed E-state index contributed by atoms with van der Waals surface area (Å²) in [6.45, 7) is 2.89. The summed E-state index contributed by atoms with van der Waals surface area (Å²) in [5.41, 5.74) is 5.72. The lowest BCUT2D eigenvalue weighted by Gasteiger charge is -2.21. The number of hydrogen-bond donors (Lipinski definition) is 1. The Hall–Kier alpha value is 0.320. The van der Waals surface area contributed by atoms with Gasteiger partial charge in [0, 0.05) is 12.6 Å². The van der Waals surface area contributed by atoms with Crippen molar-refractivity contribution in [2.45, 2.75) is 25.4 Å². The van der Waals surface area contributed by atoms with Gasteiger partial charge in [-0.3, -0.25) is 4.90 Å². The summed E-state index contributed by atoms with van der Waals surface area (Å²) in [4.78, 5) is 6.77. The van der Waals surface area contributed by atoms with Gasteiger partial charge in [0.2, 0.25) is 0 Å². The molecule has 0 radical (unpaired) electrons. The van der Waals surface area contributed by atoms with Crippen molar-refractivity contribution in [3.05, 3.63) is 15.0 Å². The number of rotatable bonds is 3. The number of thiazole rings is 1. The number of halogens is 2. The highest BCUT2D eigenvalue weighted by atomic mass is 79.9. The highest BCUT2D eigenvalue weighted by Crippen LogP contribution is 2.24. The van der Waals surface area contributed by atoms with Crippen LogP contribution in [0.25, 0.3) is 0 Å². The number of nitrogens with two attached hydrogens (primary N) is 1. The van der Waals surface area contributed by atoms with Crippen LogP contribution in [0.3, 0.4) is 0 Å². The molecule has 3 nitrogen and oxygen atoms in total. The Balaban J connectivity index is 0.00000112. The van der Waals surface area contributed by atoms with E-state index in [4.69, 9.17) is 5.73 Å². The quantitative estimate of drug-likeness (QED) is 0.931. The molecule has 0 aliphatic carbocycles. The van der Waals surface area contributed by atoms with Crippen molar-refractivity contribution < 1.29 is 0 Å². The van der Waals surface area contributed by atoms with Crippen molar-refractivity contribution >= 4 is 39.7 Å². The predicted octanol–water partition coefficient (Wildman–Crippen LogP) is 2.25. The topological polar surface area (TPSA) is 42.1 Å². The molecule has 0 aromatic carbocycles. The van der Waals surface area contributed by atoms with Gasteiger partial charge in [-0.15, -0.1) is 23.7 Å². The zero-order valence-electron chi connectivity index (χ0n) is 8.36. The molecule has 1 unspecified atom stereocenters. The third kappa shape index (κ3) is 3.39. The lowest BCUT2D eigenvalue weighted by Crippen LogP contribution is -2.34. The second kappa shape index (κ2) is 6.15. The molecule has 0 saturated carbocycles. The van der Waals surface area contributed by atoms with Crippen LogP contribution in [-0.4, -0.2) is 29.0 Å². The normalized spacial score (nSPS) is 21.6. The molecule has 1 aliphatic rings. The van der Waals surface area contributed by atoms with Crippen molar-refractivity contribution in [2.24, 2.45) is 5.73 Å². The molecule has 2 N–H and O–H groups in total. The van der Waals surface area contributed by atoms with Crippen molar-refractivity contribution in [1.29, 1.82) is 0 Å². The maximum absolute atomic E-state index is 5.72. The molecule has 1 fully saturated rings. The smallest absolute Gasteiger partial charge is 0.108 e. The Morgan fingerprint density at radius 2 is 2.47 bits per heavy atom. The Morgan fingerprint density at radius 1 is 1.67 bits per heavy atom. The van der Waals surface area contributed by atoms with Gasteiger partial charge in [-0.1, -0.05) is 0 Å². The van der Waals surface area contributed by atoms with Gasteiger partial charge in [-0.25, -0.2) is 4.98 Å². The van der Waals surface area contributed by atoms with Crippen molar-refractivity contribution in [1.82, 2.24) is 9.88 Å². The lowest BCUT2D eigenvalue weighted by atomic mass is 10.2. The second-order valence-electron chi connectivity index (χ2n) is 3.56. The SMILES string of the molecule is Cl.NCC1CCCN1Cc1ncc(Br)s1. The van der Waals surface area contributed by atoms with Gasteiger partial charge >= 0.3 is 0 Å². The molecular weight excluding hydrogens is 298 g/mol. The molecule has 2 heterocycles. The van der Waals surface area contributed by atoms with Crippen LogP contribution >= 0.6 is 39.7 Å². The zero-order valence-corrected chi connectivity index (χ0v) is 11.6. The monoisotopic (exact) mass is 311 g/mol. The van der Waals surface area contributed by atoms with E-state index in [1.165, 1.54) is 24.4 Å². The van der Waals surface area contributed by atoms with Crippen molar-refractivity contribution in [3.63, 3.8) is 0 Å². The van der Waals surface area contributed by atoms with Crippen LogP contribution in [0.15, 0.2) is 9.98 Å². The minimum atomic E-state index is 0. The number of nitrogens with zero attached hydrogens (tertiary/aromatic N) is 2. The van der Waals surface area contributed by atoms with Gasteiger partial charge in [0.25, 0.3) is 0 Å². The average Bonchev–Trinajstić information content (AvgIpc) is 2.76. The lowest BCUT2D eigenvalue weighted by molar-refractivity contribution is 0.250. The van der Waals surface area contributed by atoms with E-state index in [0.717, 1.165) is 16.9 Å². The van der Waals surface area contributed by atoms with E-state index < -0.39 is 0 Å². The van der Waals surface area contributed by atoms with Gasteiger partial charge in [0.05, 0.1) is 16.5 Å². The number of aromatic nitrogens is 1. The summed E-state index contributed by atoms with van der Waals surface area (Å²) in [6.07, 6.45) is 4.38. The van der Waals surface area contributed by atoms with E-state index in [1.54, 1.807) is 11.3 Å². The first kappa shape index (κ1) is 13.4. The molecule has 2 rings (SSSR count). The summed E-state index contributed by atoms with van der Waals surface area (Å²) in [5.74, 6) is 0. The predicted molar refractivity (Wildman–Crippen MR) is 69.5 cm³/mol. The fraction of sp³-hybridized carbons (Fsp3) is 0.667. The largest absolute Gasteiger partial charge is 0.329 e. The molecule has 1 aliphatic heterocycles. The first-order valence-electron chi connectivity index (χ1n) is 4.84. The fourth-order valence-corrected chi connectivity index (χ4v) is 3.23. The minimum Gasteiger partial charge on any atom is -0.329 e. The van der Waals surface area contributed by atoms with Crippen LogP contribution in [0.4, 0.5) is 0 Å². The standard InChI is InChI=1S/C9H14BrN3S.ClH/c10-8-5-12-9(14-8)6-13-3-1-2-7(13)4-11;/h5,7H,1-4,6,11H2;1H. The fourth-order valence-electron chi connectivity index (χ4n) is 1.91. The summed E-state index contributed by atoms with van der Waals surface area (Å²) >= 11 is 5.14. The molecule has 15 heavy (non-hydrogen) atoms. The van der Waals surface area contributed by atoms with Crippen LogP contribution in [0.2, 0.25) is 0 Å². The van der Waals surface area contributed by atoms with E-state index in [9.17, 15) is 0 Å². The van der Waals surface area contributed by atoms with E-state index >= 15 is 0 Å². The summed E-state index contributed by atoms with van der Waals surface area (Å²) in [5, 5.41) is 1.18. The molecule has 6 heteroatoms. The molecule has 1 atom stereocenters. The molecule has 0 bridgehead atoms. The summed E-state index contributed by atoms with van der Waals surface area (Å²) in [6, 6.07) is 0.567. The van der Waals surface area contributed by atoms with Gasteiger partial charge in [-0.2, -0.15) is 0 Å². The van der Waals surface area contributed by atoms with Crippen LogP contribution in [0.5, 0.6) is 0 Å². The molecule has 1 saturated heterocycles. The van der Waals surface area contributed by atoms with Crippen LogP contribution < -0.4 is 5.73 Å². The third-order valence-corrected chi connectivity index (χ3v) is 4.10. The second-order valence-corrected chi connectivity index (χ2v) is 6.05. The molecule has 1 aromatic heterocycles. The highest BCUT2D eigenvalue weighted by molar-refractivity contribution is 9.11. The van der Waals surface area contributed by atoms with Gasteiger partial charge in [0.15, 0.2) is 0 Å². The van der Waals surface area contributed by atoms with E-state index in [-0.39, 0.29) is 12.4 Å². The Kier molecular flexibility index (Phi) is 5.49. The van der Waals surface area contributed by atoms with Crippen molar-refractivity contribution in [3.8, 4) is 0 Å². The van der Waals surface area contributed by atoms with Crippen LogP contribution in [-0.2, 0) is 6.54 Å². The van der Waals surface area contributed by atoms with Gasteiger partial charge in [0.1, 0.15) is 5.01 Å². The average molecular weight is 313 g/mol. The third-order valence-electron chi connectivity index (χ3n) is 2.63. The molecule has 86 valence electrons. The van der Waals surface area contributed by atoms with Crippen molar-refractivity contribution in [2.75, 3.05) is 13.1 Å². The Bertz CT molecular complexity index is 307. The van der Waals surface area contributed by atoms with Crippen LogP contribution in [0, 0.1) is 0 Å². The number of likely N-dealkylation sites (tertiary alicyclic amines) is 1. The first-order valence-corrected chi connectivity index (χ1v) is 6.45. The Morgan fingerprint density at radius 3 is 3.07 bits per heavy atom. The summed E-state index contributed by atoms with van der Waals surface area (Å²) in [7, 11) is 0. The zero-order chi connectivity index (χ0) is 9.97. The molecular formula is C9H15BrClN3S. The Labute approximate surface area is 109 Å². The highest BCUT2D eigenvalue weighted by Gasteiger charge is 2.23. The van der Waals surface area contributed by atoms with E-state index in [1.807, 2.05) is 6.20 Å². The van der Waals surface area contributed by atoms with Gasteiger partial charge in [-0.05, 0) is 35.3 Å². The van der Waals surface area contributed by atoms with E-state index in [2.05, 4.69) is 25.8 Å². The van der Waals surface area contributed by atoms with Crippen LogP contribution in [0.1, 0.15) is 17.8 Å². The molecule has 0 spiro atoms. The summed E-state index contributed by atoms with van der Waals surface area (Å²) < 4.78 is 1.11. The molecule has 0 amide bonds. The van der Waals surface area contributed by atoms with E-state index in [0.29, 0.717) is 6.04 Å².